The quantitative estimate of drug-likeness (QED) is 0.328. The SMILES string of the molecule is CCCC(C)C(CCC)CCCC(C)CCCC(C)C. The second-order valence-corrected chi connectivity index (χ2v) is 7.68. The average molecular weight is 283 g/mol. The van der Waals surface area contributed by atoms with E-state index in [1.807, 2.05) is 0 Å². The Morgan fingerprint density at radius 1 is 0.600 bits per heavy atom. The molecule has 0 aromatic rings. The van der Waals surface area contributed by atoms with Crippen molar-refractivity contribution in [2.75, 3.05) is 0 Å². The molecule has 0 radical (unpaired) electrons. The molecule has 0 amide bonds. The summed E-state index contributed by atoms with van der Waals surface area (Å²) in [7, 11) is 0. The van der Waals surface area contributed by atoms with Crippen molar-refractivity contribution in [1.82, 2.24) is 0 Å². The fourth-order valence-corrected chi connectivity index (χ4v) is 3.52. The molecule has 0 N–H and O–H groups in total. The van der Waals surface area contributed by atoms with E-state index in [1.54, 1.807) is 0 Å². The Bertz CT molecular complexity index is 194. The maximum Gasteiger partial charge on any atom is -0.0389 e. The minimum atomic E-state index is 0.881. The zero-order chi connectivity index (χ0) is 15.4. The third-order valence-electron chi connectivity index (χ3n) is 4.96. The Hall–Kier alpha value is 0. The van der Waals surface area contributed by atoms with Gasteiger partial charge in [-0.15, -0.1) is 0 Å². The molecule has 20 heavy (non-hydrogen) atoms. The van der Waals surface area contributed by atoms with E-state index >= 15 is 0 Å². The molecular formula is C20H42. The molecule has 3 atom stereocenters. The highest BCUT2D eigenvalue weighted by molar-refractivity contribution is 4.67. The molecular weight excluding hydrogens is 240 g/mol. The molecule has 0 nitrogen and oxygen atoms in total. The third-order valence-corrected chi connectivity index (χ3v) is 4.96. The van der Waals surface area contributed by atoms with Crippen LogP contribution in [-0.2, 0) is 0 Å². The first kappa shape index (κ1) is 20.0. The van der Waals surface area contributed by atoms with Crippen LogP contribution in [0.15, 0.2) is 0 Å². The molecule has 0 saturated heterocycles. The summed E-state index contributed by atoms with van der Waals surface area (Å²) < 4.78 is 0. The molecule has 122 valence electrons. The van der Waals surface area contributed by atoms with Gasteiger partial charge in [0.15, 0.2) is 0 Å². The van der Waals surface area contributed by atoms with Crippen molar-refractivity contribution in [2.24, 2.45) is 23.7 Å². The lowest BCUT2D eigenvalue weighted by atomic mass is 9.82. The van der Waals surface area contributed by atoms with Crippen LogP contribution >= 0.6 is 0 Å². The summed E-state index contributed by atoms with van der Waals surface area (Å²) in [5, 5.41) is 0. The monoisotopic (exact) mass is 282 g/mol. The van der Waals surface area contributed by atoms with E-state index in [2.05, 4.69) is 41.5 Å². The van der Waals surface area contributed by atoms with Gasteiger partial charge in [-0.25, -0.2) is 0 Å². The van der Waals surface area contributed by atoms with Crippen LogP contribution in [0.2, 0.25) is 0 Å². The molecule has 0 aromatic heterocycles. The second kappa shape index (κ2) is 12.7. The van der Waals surface area contributed by atoms with Crippen molar-refractivity contribution in [3.8, 4) is 0 Å². The van der Waals surface area contributed by atoms with Crippen molar-refractivity contribution >= 4 is 0 Å². The number of hydrogen-bond donors (Lipinski definition) is 0. The Kier molecular flexibility index (Phi) is 12.7. The van der Waals surface area contributed by atoms with E-state index in [1.165, 1.54) is 64.2 Å². The van der Waals surface area contributed by atoms with Crippen LogP contribution in [0.5, 0.6) is 0 Å². The molecule has 0 aliphatic rings. The summed E-state index contributed by atoms with van der Waals surface area (Å²) in [6, 6.07) is 0. The van der Waals surface area contributed by atoms with Gasteiger partial charge in [0.05, 0.1) is 0 Å². The molecule has 0 heteroatoms. The number of hydrogen-bond acceptors (Lipinski definition) is 0. The highest BCUT2D eigenvalue weighted by atomic mass is 14.2. The summed E-state index contributed by atoms with van der Waals surface area (Å²) in [5.74, 6) is 3.75. The van der Waals surface area contributed by atoms with Gasteiger partial charge in [-0.05, 0) is 23.7 Å². The molecule has 0 bridgehead atoms. The molecule has 0 spiro atoms. The minimum absolute atomic E-state index is 0.881. The van der Waals surface area contributed by atoms with E-state index in [0.717, 1.165) is 23.7 Å². The van der Waals surface area contributed by atoms with Gasteiger partial charge in [-0.1, -0.05) is 106 Å². The normalized spacial score (nSPS) is 16.4. The van der Waals surface area contributed by atoms with E-state index in [0.29, 0.717) is 0 Å². The van der Waals surface area contributed by atoms with Gasteiger partial charge in [-0.2, -0.15) is 0 Å². The first-order valence-electron chi connectivity index (χ1n) is 9.51. The predicted octanol–water partition coefficient (Wildman–Crippen LogP) is 7.47. The zero-order valence-electron chi connectivity index (χ0n) is 15.4. The molecule has 0 aliphatic heterocycles. The van der Waals surface area contributed by atoms with Gasteiger partial charge in [-0.3, -0.25) is 0 Å². The van der Waals surface area contributed by atoms with Crippen molar-refractivity contribution in [2.45, 2.75) is 106 Å². The lowest BCUT2D eigenvalue weighted by Crippen LogP contribution is -2.12. The molecule has 0 aliphatic carbocycles. The Balaban J connectivity index is 3.80. The minimum Gasteiger partial charge on any atom is -0.0654 e. The van der Waals surface area contributed by atoms with Gasteiger partial charge in [0.2, 0.25) is 0 Å². The first-order valence-corrected chi connectivity index (χ1v) is 9.51. The van der Waals surface area contributed by atoms with E-state index in [-0.39, 0.29) is 0 Å². The maximum absolute atomic E-state index is 2.48. The van der Waals surface area contributed by atoms with Gasteiger partial charge >= 0.3 is 0 Å². The van der Waals surface area contributed by atoms with Crippen LogP contribution < -0.4 is 0 Å². The zero-order valence-corrected chi connectivity index (χ0v) is 15.4. The lowest BCUT2D eigenvalue weighted by molar-refractivity contribution is 0.278. The van der Waals surface area contributed by atoms with Crippen LogP contribution in [-0.4, -0.2) is 0 Å². The molecule has 3 unspecified atom stereocenters. The summed E-state index contributed by atoms with van der Waals surface area (Å²) in [5.41, 5.74) is 0. The van der Waals surface area contributed by atoms with Gasteiger partial charge < -0.3 is 0 Å². The summed E-state index contributed by atoms with van der Waals surface area (Å²) in [6.07, 6.45) is 14.3. The largest absolute Gasteiger partial charge is 0.0654 e. The first-order chi connectivity index (χ1) is 9.51. The van der Waals surface area contributed by atoms with Crippen LogP contribution in [0.25, 0.3) is 0 Å². The fourth-order valence-electron chi connectivity index (χ4n) is 3.52. The molecule has 0 rings (SSSR count). The molecule has 0 heterocycles. The average Bonchev–Trinajstić information content (AvgIpc) is 2.37. The van der Waals surface area contributed by atoms with E-state index in [9.17, 15) is 0 Å². The van der Waals surface area contributed by atoms with Crippen LogP contribution in [0.4, 0.5) is 0 Å². The number of rotatable bonds is 13. The van der Waals surface area contributed by atoms with Gasteiger partial charge in [0.25, 0.3) is 0 Å². The van der Waals surface area contributed by atoms with E-state index < -0.39 is 0 Å². The Morgan fingerprint density at radius 2 is 1.15 bits per heavy atom. The van der Waals surface area contributed by atoms with Gasteiger partial charge in [0, 0.05) is 0 Å². The van der Waals surface area contributed by atoms with Crippen molar-refractivity contribution in [3.63, 3.8) is 0 Å². The van der Waals surface area contributed by atoms with Crippen LogP contribution in [0.3, 0.4) is 0 Å². The Labute approximate surface area is 130 Å². The van der Waals surface area contributed by atoms with Crippen molar-refractivity contribution in [3.05, 3.63) is 0 Å². The highest BCUT2D eigenvalue weighted by Crippen LogP contribution is 2.28. The lowest BCUT2D eigenvalue weighted by Gasteiger charge is -2.24. The topological polar surface area (TPSA) is 0 Å². The fraction of sp³-hybridized carbons (Fsp3) is 1.00. The van der Waals surface area contributed by atoms with Crippen molar-refractivity contribution < 1.29 is 0 Å². The Morgan fingerprint density at radius 3 is 1.65 bits per heavy atom. The molecule has 0 saturated carbocycles. The summed E-state index contributed by atoms with van der Waals surface area (Å²) in [6.45, 7) is 14.3. The second-order valence-electron chi connectivity index (χ2n) is 7.68. The van der Waals surface area contributed by atoms with Crippen LogP contribution in [0.1, 0.15) is 106 Å². The summed E-state index contributed by atoms with van der Waals surface area (Å²) >= 11 is 0. The van der Waals surface area contributed by atoms with Gasteiger partial charge in [0.1, 0.15) is 0 Å². The maximum atomic E-state index is 2.48. The molecule has 0 fully saturated rings. The van der Waals surface area contributed by atoms with E-state index in [4.69, 9.17) is 0 Å². The summed E-state index contributed by atoms with van der Waals surface area (Å²) in [4.78, 5) is 0. The predicted molar refractivity (Wildman–Crippen MR) is 94.2 cm³/mol. The smallest absolute Gasteiger partial charge is 0.0389 e. The standard InChI is InChI=1S/C20H42/c1-7-11-19(6)20(12-8-2)16-10-15-18(5)14-9-13-17(3)4/h17-20H,7-16H2,1-6H3. The molecule has 0 aromatic carbocycles. The van der Waals surface area contributed by atoms with Crippen molar-refractivity contribution in [1.29, 1.82) is 0 Å². The highest BCUT2D eigenvalue weighted by Gasteiger charge is 2.15. The third kappa shape index (κ3) is 10.7. The van der Waals surface area contributed by atoms with Crippen LogP contribution in [0, 0.1) is 23.7 Å².